The first kappa shape index (κ1) is 11.4. The van der Waals surface area contributed by atoms with E-state index in [1.54, 1.807) is 16.8 Å². The number of aromatic nitrogens is 2. The second-order valence-corrected chi connectivity index (χ2v) is 3.84. The standard InChI is InChI=1S/C13H15N3O/c1-11-5-2-3-6-12(11)14-8-10-16-9-4-7-15-13(16)17/h2-7,9,14H,8,10H2,1H3. The van der Waals surface area contributed by atoms with Crippen molar-refractivity contribution in [1.82, 2.24) is 9.55 Å². The number of para-hydroxylation sites is 1. The fourth-order valence-electron chi connectivity index (χ4n) is 1.64. The Hall–Kier alpha value is -2.10. The van der Waals surface area contributed by atoms with Gasteiger partial charge in [-0.05, 0) is 24.6 Å². The molecule has 1 aromatic heterocycles. The molecule has 1 heterocycles. The third-order valence-electron chi connectivity index (χ3n) is 2.60. The second-order valence-electron chi connectivity index (χ2n) is 3.84. The van der Waals surface area contributed by atoms with Crippen LogP contribution in [0.15, 0.2) is 47.5 Å². The number of anilines is 1. The topological polar surface area (TPSA) is 46.9 Å². The maximum atomic E-state index is 11.4. The van der Waals surface area contributed by atoms with Crippen LogP contribution < -0.4 is 11.0 Å². The number of rotatable bonds is 4. The predicted molar refractivity (Wildman–Crippen MR) is 68.2 cm³/mol. The van der Waals surface area contributed by atoms with Crippen molar-refractivity contribution in [3.8, 4) is 0 Å². The van der Waals surface area contributed by atoms with E-state index in [-0.39, 0.29) is 5.69 Å². The van der Waals surface area contributed by atoms with Crippen LogP contribution in [0.25, 0.3) is 0 Å². The van der Waals surface area contributed by atoms with Crippen LogP contribution in [0.4, 0.5) is 5.69 Å². The lowest BCUT2D eigenvalue weighted by molar-refractivity contribution is 0.673. The molecule has 88 valence electrons. The van der Waals surface area contributed by atoms with Crippen LogP contribution in [0.3, 0.4) is 0 Å². The van der Waals surface area contributed by atoms with Crippen LogP contribution in [-0.4, -0.2) is 16.1 Å². The molecule has 0 radical (unpaired) electrons. The third-order valence-corrected chi connectivity index (χ3v) is 2.60. The van der Waals surface area contributed by atoms with Crippen molar-refractivity contribution in [1.29, 1.82) is 0 Å². The van der Waals surface area contributed by atoms with Gasteiger partial charge in [-0.3, -0.25) is 4.57 Å². The van der Waals surface area contributed by atoms with E-state index >= 15 is 0 Å². The van der Waals surface area contributed by atoms with Crippen LogP contribution in [0.2, 0.25) is 0 Å². The Labute approximate surface area is 99.9 Å². The van der Waals surface area contributed by atoms with Gasteiger partial charge in [-0.15, -0.1) is 0 Å². The molecule has 4 heteroatoms. The van der Waals surface area contributed by atoms with E-state index in [4.69, 9.17) is 0 Å². The van der Waals surface area contributed by atoms with Gasteiger partial charge in [-0.1, -0.05) is 18.2 Å². The zero-order chi connectivity index (χ0) is 12.1. The summed E-state index contributed by atoms with van der Waals surface area (Å²) in [5.74, 6) is 0. The Balaban J connectivity index is 1.95. The van der Waals surface area contributed by atoms with Gasteiger partial charge in [0.1, 0.15) is 0 Å². The summed E-state index contributed by atoms with van der Waals surface area (Å²) in [6, 6.07) is 9.84. The highest BCUT2D eigenvalue weighted by Crippen LogP contribution is 2.12. The molecular weight excluding hydrogens is 214 g/mol. The Morgan fingerprint density at radius 1 is 1.29 bits per heavy atom. The minimum Gasteiger partial charge on any atom is -0.383 e. The van der Waals surface area contributed by atoms with Crippen molar-refractivity contribution in [3.05, 3.63) is 58.8 Å². The summed E-state index contributed by atoms with van der Waals surface area (Å²) in [6.07, 6.45) is 3.25. The Bertz CT molecular complexity index is 548. The van der Waals surface area contributed by atoms with Gasteiger partial charge in [0.2, 0.25) is 0 Å². The molecule has 0 unspecified atom stereocenters. The average Bonchev–Trinajstić information content (AvgIpc) is 2.34. The summed E-state index contributed by atoms with van der Waals surface area (Å²) in [7, 11) is 0. The first-order valence-electron chi connectivity index (χ1n) is 5.58. The molecule has 1 aromatic carbocycles. The van der Waals surface area contributed by atoms with E-state index in [0.29, 0.717) is 13.1 Å². The highest BCUT2D eigenvalue weighted by Gasteiger charge is 1.97. The van der Waals surface area contributed by atoms with Crippen LogP contribution in [-0.2, 0) is 6.54 Å². The van der Waals surface area contributed by atoms with Crippen molar-refractivity contribution in [3.63, 3.8) is 0 Å². The molecule has 4 nitrogen and oxygen atoms in total. The van der Waals surface area contributed by atoms with Crippen LogP contribution >= 0.6 is 0 Å². The summed E-state index contributed by atoms with van der Waals surface area (Å²) in [5.41, 5.74) is 2.09. The summed E-state index contributed by atoms with van der Waals surface area (Å²) >= 11 is 0. The molecule has 0 aliphatic heterocycles. The Morgan fingerprint density at radius 2 is 2.12 bits per heavy atom. The molecule has 0 fully saturated rings. The lowest BCUT2D eigenvalue weighted by Crippen LogP contribution is -2.24. The first-order valence-corrected chi connectivity index (χ1v) is 5.58. The van der Waals surface area contributed by atoms with Crippen molar-refractivity contribution < 1.29 is 0 Å². The molecular formula is C13H15N3O. The van der Waals surface area contributed by atoms with E-state index in [1.165, 1.54) is 11.8 Å². The fraction of sp³-hybridized carbons (Fsp3) is 0.231. The van der Waals surface area contributed by atoms with Crippen LogP contribution in [0.5, 0.6) is 0 Å². The largest absolute Gasteiger partial charge is 0.383 e. The highest BCUT2D eigenvalue weighted by atomic mass is 16.1. The summed E-state index contributed by atoms with van der Waals surface area (Å²) < 4.78 is 1.59. The zero-order valence-electron chi connectivity index (χ0n) is 9.76. The van der Waals surface area contributed by atoms with Gasteiger partial charge in [0.25, 0.3) is 0 Å². The van der Waals surface area contributed by atoms with Crippen molar-refractivity contribution >= 4 is 5.69 Å². The molecule has 0 saturated heterocycles. The molecule has 17 heavy (non-hydrogen) atoms. The van der Waals surface area contributed by atoms with E-state index in [0.717, 1.165) is 5.69 Å². The number of nitrogens with zero attached hydrogens (tertiary/aromatic N) is 2. The molecule has 0 bridgehead atoms. The zero-order valence-corrected chi connectivity index (χ0v) is 9.76. The first-order chi connectivity index (χ1) is 8.27. The summed E-state index contributed by atoms with van der Waals surface area (Å²) in [5, 5.41) is 3.30. The molecule has 1 N–H and O–H groups in total. The minimum atomic E-state index is -0.209. The van der Waals surface area contributed by atoms with Crippen LogP contribution in [0, 0.1) is 6.92 Å². The summed E-state index contributed by atoms with van der Waals surface area (Å²) in [4.78, 5) is 15.1. The third kappa shape index (κ3) is 2.93. The molecule has 0 aliphatic rings. The number of hydrogen-bond acceptors (Lipinski definition) is 3. The number of nitrogens with one attached hydrogen (secondary N) is 1. The average molecular weight is 229 g/mol. The van der Waals surface area contributed by atoms with Crippen molar-refractivity contribution in [2.45, 2.75) is 13.5 Å². The van der Waals surface area contributed by atoms with E-state index in [1.807, 2.05) is 18.2 Å². The van der Waals surface area contributed by atoms with Gasteiger partial charge in [0, 0.05) is 31.2 Å². The summed E-state index contributed by atoms with van der Waals surface area (Å²) in [6.45, 7) is 3.37. The van der Waals surface area contributed by atoms with E-state index < -0.39 is 0 Å². The van der Waals surface area contributed by atoms with Gasteiger partial charge in [0.05, 0.1) is 0 Å². The molecule has 0 spiro atoms. The number of hydrogen-bond donors (Lipinski definition) is 1. The van der Waals surface area contributed by atoms with Gasteiger partial charge in [-0.25, -0.2) is 9.78 Å². The minimum absolute atomic E-state index is 0.209. The lowest BCUT2D eigenvalue weighted by atomic mass is 10.2. The monoisotopic (exact) mass is 229 g/mol. The predicted octanol–water partition coefficient (Wildman–Crippen LogP) is 1.66. The molecule has 0 saturated carbocycles. The Kier molecular flexibility index (Phi) is 3.55. The quantitative estimate of drug-likeness (QED) is 0.867. The highest BCUT2D eigenvalue weighted by molar-refractivity contribution is 5.49. The number of aryl methyl sites for hydroxylation is 1. The fourth-order valence-corrected chi connectivity index (χ4v) is 1.64. The molecule has 2 rings (SSSR count). The maximum absolute atomic E-state index is 11.4. The van der Waals surface area contributed by atoms with Gasteiger partial charge in [-0.2, -0.15) is 0 Å². The van der Waals surface area contributed by atoms with Gasteiger partial charge < -0.3 is 5.32 Å². The second kappa shape index (κ2) is 5.30. The van der Waals surface area contributed by atoms with E-state index in [9.17, 15) is 4.79 Å². The number of benzene rings is 1. The molecule has 2 aromatic rings. The van der Waals surface area contributed by atoms with Crippen molar-refractivity contribution in [2.24, 2.45) is 0 Å². The smallest absolute Gasteiger partial charge is 0.347 e. The van der Waals surface area contributed by atoms with Crippen molar-refractivity contribution in [2.75, 3.05) is 11.9 Å². The molecule has 0 amide bonds. The van der Waals surface area contributed by atoms with Gasteiger partial charge in [0.15, 0.2) is 0 Å². The Morgan fingerprint density at radius 3 is 2.88 bits per heavy atom. The lowest BCUT2D eigenvalue weighted by Gasteiger charge is -2.09. The maximum Gasteiger partial charge on any atom is 0.347 e. The van der Waals surface area contributed by atoms with Crippen LogP contribution in [0.1, 0.15) is 5.56 Å². The van der Waals surface area contributed by atoms with Gasteiger partial charge >= 0.3 is 5.69 Å². The molecule has 0 aliphatic carbocycles. The SMILES string of the molecule is Cc1ccccc1NCCn1cccnc1=O. The van der Waals surface area contributed by atoms with E-state index in [2.05, 4.69) is 23.3 Å². The normalized spacial score (nSPS) is 10.2. The molecule has 0 atom stereocenters.